The van der Waals surface area contributed by atoms with E-state index in [1.54, 1.807) is 17.1 Å². The lowest BCUT2D eigenvalue weighted by Gasteiger charge is -2.00. The van der Waals surface area contributed by atoms with Gasteiger partial charge in [0.25, 0.3) is 0 Å². The highest BCUT2D eigenvalue weighted by atomic mass is 15.5. The van der Waals surface area contributed by atoms with Crippen molar-refractivity contribution in [1.82, 2.24) is 30.2 Å². The van der Waals surface area contributed by atoms with Gasteiger partial charge in [-0.2, -0.15) is 0 Å². The molecular formula is C8H11N7. The van der Waals surface area contributed by atoms with Crippen LogP contribution >= 0.6 is 0 Å². The Balaban J connectivity index is 2.36. The molecule has 0 aliphatic rings. The van der Waals surface area contributed by atoms with Crippen molar-refractivity contribution >= 4 is 0 Å². The van der Waals surface area contributed by atoms with Gasteiger partial charge < -0.3 is 5.73 Å². The third kappa shape index (κ3) is 1.96. The van der Waals surface area contributed by atoms with Crippen LogP contribution in [-0.2, 0) is 6.54 Å². The van der Waals surface area contributed by atoms with Crippen LogP contribution in [0.25, 0.3) is 11.6 Å². The van der Waals surface area contributed by atoms with Crippen molar-refractivity contribution in [2.24, 2.45) is 5.73 Å². The molecule has 2 aromatic heterocycles. The molecule has 0 saturated carbocycles. The number of hydrogen-bond acceptors (Lipinski definition) is 6. The zero-order valence-corrected chi connectivity index (χ0v) is 8.33. The fourth-order valence-corrected chi connectivity index (χ4v) is 1.15. The van der Waals surface area contributed by atoms with Crippen LogP contribution in [0, 0.1) is 6.92 Å². The zero-order valence-electron chi connectivity index (χ0n) is 8.33. The monoisotopic (exact) mass is 205 g/mol. The quantitative estimate of drug-likeness (QED) is 0.718. The Morgan fingerprint density at radius 1 is 1.33 bits per heavy atom. The third-order valence-electron chi connectivity index (χ3n) is 1.85. The number of nitrogens with zero attached hydrogens (tertiary/aromatic N) is 6. The highest BCUT2D eigenvalue weighted by molar-refractivity contribution is 5.41. The van der Waals surface area contributed by atoms with Gasteiger partial charge in [0, 0.05) is 18.9 Å². The first-order valence-electron chi connectivity index (χ1n) is 4.56. The predicted octanol–water partition coefficient (Wildman–Crippen LogP) is -0.603. The number of rotatable bonds is 3. The fourth-order valence-electron chi connectivity index (χ4n) is 1.15. The highest BCUT2D eigenvalue weighted by Crippen LogP contribution is 2.08. The maximum absolute atomic E-state index is 5.43. The maximum Gasteiger partial charge on any atom is 0.219 e. The fraction of sp³-hybridized carbons (Fsp3) is 0.375. The summed E-state index contributed by atoms with van der Waals surface area (Å²) in [5.41, 5.74) is 6.43. The van der Waals surface area contributed by atoms with Crippen LogP contribution in [0.3, 0.4) is 0 Å². The maximum atomic E-state index is 5.43. The van der Waals surface area contributed by atoms with Crippen LogP contribution in [0.2, 0.25) is 0 Å². The van der Waals surface area contributed by atoms with Gasteiger partial charge in [-0.25, -0.2) is 14.6 Å². The first-order chi connectivity index (χ1) is 7.31. The van der Waals surface area contributed by atoms with Crippen molar-refractivity contribution < 1.29 is 0 Å². The van der Waals surface area contributed by atoms with Crippen LogP contribution in [0.4, 0.5) is 0 Å². The van der Waals surface area contributed by atoms with Gasteiger partial charge in [-0.3, -0.25) is 0 Å². The van der Waals surface area contributed by atoms with E-state index >= 15 is 0 Å². The molecule has 0 fully saturated rings. The molecule has 0 unspecified atom stereocenters. The Labute approximate surface area is 86.3 Å². The van der Waals surface area contributed by atoms with Crippen LogP contribution in [0.5, 0.6) is 0 Å². The van der Waals surface area contributed by atoms with Crippen LogP contribution in [0.1, 0.15) is 5.56 Å². The molecule has 0 aromatic carbocycles. The van der Waals surface area contributed by atoms with E-state index in [4.69, 9.17) is 5.73 Å². The lowest BCUT2D eigenvalue weighted by Crippen LogP contribution is -2.13. The smallest absolute Gasteiger partial charge is 0.219 e. The molecular weight excluding hydrogens is 194 g/mol. The second-order valence-electron chi connectivity index (χ2n) is 3.10. The average molecular weight is 205 g/mol. The number of tetrazole rings is 1. The average Bonchev–Trinajstić information content (AvgIpc) is 2.68. The molecule has 0 amide bonds. The molecule has 2 rings (SSSR count). The largest absolute Gasteiger partial charge is 0.329 e. The van der Waals surface area contributed by atoms with Crippen LogP contribution < -0.4 is 5.73 Å². The molecule has 0 radical (unpaired) electrons. The molecule has 2 heterocycles. The summed E-state index contributed by atoms with van der Waals surface area (Å²) in [6.07, 6.45) is 3.45. The van der Waals surface area contributed by atoms with Crippen LogP contribution in [0.15, 0.2) is 12.4 Å². The van der Waals surface area contributed by atoms with Gasteiger partial charge in [-0.15, -0.1) is 5.10 Å². The summed E-state index contributed by atoms with van der Waals surface area (Å²) < 4.78 is 1.59. The molecule has 78 valence electrons. The van der Waals surface area contributed by atoms with E-state index in [2.05, 4.69) is 25.5 Å². The molecule has 7 heteroatoms. The lowest BCUT2D eigenvalue weighted by molar-refractivity contribution is 0.601. The van der Waals surface area contributed by atoms with E-state index in [-0.39, 0.29) is 0 Å². The predicted molar refractivity (Wildman–Crippen MR) is 52.6 cm³/mol. The zero-order chi connectivity index (χ0) is 10.7. The van der Waals surface area contributed by atoms with E-state index in [9.17, 15) is 0 Å². The molecule has 7 nitrogen and oxygen atoms in total. The molecule has 0 atom stereocenters. The number of aromatic nitrogens is 6. The second-order valence-corrected chi connectivity index (χ2v) is 3.10. The van der Waals surface area contributed by atoms with Crippen LogP contribution in [-0.4, -0.2) is 36.7 Å². The van der Waals surface area contributed by atoms with E-state index in [1.807, 2.05) is 6.92 Å². The Kier molecular flexibility index (Phi) is 2.64. The van der Waals surface area contributed by atoms with Crippen molar-refractivity contribution in [2.45, 2.75) is 13.5 Å². The van der Waals surface area contributed by atoms with Crippen molar-refractivity contribution in [3.05, 3.63) is 18.0 Å². The summed E-state index contributed by atoms with van der Waals surface area (Å²) in [5.74, 6) is 1.06. The van der Waals surface area contributed by atoms with E-state index in [0.29, 0.717) is 24.7 Å². The second kappa shape index (κ2) is 4.09. The van der Waals surface area contributed by atoms with Gasteiger partial charge in [0.05, 0.1) is 6.54 Å². The summed E-state index contributed by atoms with van der Waals surface area (Å²) in [6.45, 7) is 2.95. The minimum absolute atomic E-state index is 0.476. The molecule has 2 aromatic rings. The molecule has 0 aliphatic heterocycles. The molecule has 15 heavy (non-hydrogen) atoms. The van der Waals surface area contributed by atoms with E-state index < -0.39 is 0 Å². The van der Waals surface area contributed by atoms with Crippen molar-refractivity contribution in [3.8, 4) is 11.6 Å². The normalized spacial score (nSPS) is 10.5. The van der Waals surface area contributed by atoms with Gasteiger partial charge >= 0.3 is 0 Å². The lowest BCUT2D eigenvalue weighted by atomic mass is 10.4. The van der Waals surface area contributed by atoms with Gasteiger partial charge in [0.2, 0.25) is 5.82 Å². The van der Waals surface area contributed by atoms with Crippen molar-refractivity contribution in [2.75, 3.05) is 6.54 Å². The molecule has 0 bridgehead atoms. The van der Waals surface area contributed by atoms with Gasteiger partial charge in [-0.05, 0) is 22.9 Å². The Bertz CT molecular complexity index is 433. The SMILES string of the molecule is Cc1cnc(-c2nnnn2CCN)nc1. The Morgan fingerprint density at radius 2 is 2.07 bits per heavy atom. The summed E-state index contributed by atoms with van der Waals surface area (Å²) in [7, 11) is 0. The van der Waals surface area contributed by atoms with Crippen molar-refractivity contribution in [3.63, 3.8) is 0 Å². The summed E-state index contributed by atoms with van der Waals surface area (Å²) in [6, 6.07) is 0. The first-order valence-corrected chi connectivity index (χ1v) is 4.56. The highest BCUT2D eigenvalue weighted by Gasteiger charge is 2.10. The summed E-state index contributed by atoms with van der Waals surface area (Å²) >= 11 is 0. The topological polar surface area (TPSA) is 95.4 Å². The summed E-state index contributed by atoms with van der Waals surface area (Å²) in [4.78, 5) is 8.30. The van der Waals surface area contributed by atoms with Gasteiger partial charge in [0.15, 0.2) is 5.82 Å². The summed E-state index contributed by atoms with van der Waals surface area (Å²) in [5, 5.41) is 11.2. The minimum Gasteiger partial charge on any atom is -0.329 e. The number of hydrogen-bond donors (Lipinski definition) is 1. The van der Waals surface area contributed by atoms with E-state index in [0.717, 1.165) is 5.56 Å². The van der Waals surface area contributed by atoms with Gasteiger partial charge in [0.1, 0.15) is 0 Å². The van der Waals surface area contributed by atoms with Gasteiger partial charge in [-0.1, -0.05) is 0 Å². The Morgan fingerprint density at radius 3 is 2.73 bits per heavy atom. The van der Waals surface area contributed by atoms with E-state index in [1.165, 1.54) is 0 Å². The Hall–Kier alpha value is -1.89. The van der Waals surface area contributed by atoms with Crippen molar-refractivity contribution in [1.29, 1.82) is 0 Å². The molecule has 2 N–H and O–H groups in total. The minimum atomic E-state index is 0.476. The molecule has 0 spiro atoms. The molecule has 0 aliphatic carbocycles. The number of nitrogens with two attached hydrogens (primary N) is 1. The third-order valence-corrected chi connectivity index (χ3v) is 1.85. The molecule has 0 saturated heterocycles. The first kappa shape index (κ1) is 9.66. The number of aryl methyl sites for hydroxylation is 1. The standard InChI is InChI=1S/C8H11N7/c1-6-4-10-7(11-5-6)8-12-13-14-15(8)3-2-9/h4-5H,2-3,9H2,1H3.